The Labute approximate surface area is 184 Å². The Kier molecular flexibility index (Phi) is 4.59. The molecule has 0 spiro atoms. The lowest BCUT2D eigenvalue weighted by molar-refractivity contribution is 0.102. The van der Waals surface area contributed by atoms with Gasteiger partial charge in [0.2, 0.25) is 0 Å². The lowest BCUT2D eigenvalue weighted by Gasteiger charge is -2.13. The lowest BCUT2D eigenvalue weighted by Crippen LogP contribution is -2.19. The Balaban J connectivity index is 1.62. The van der Waals surface area contributed by atoms with Crippen molar-refractivity contribution < 1.29 is 4.79 Å². The summed E-state index contributed by atoms with van der Waals surface area (Å²) in [5, 5.41) is 3.81. The fourth-order valence-corrected chi connectivity index (χ4v) is 4.01. The molecule has 158 valence electrons. The molecule has 3 heterocycles. The molecule has 1 amide bonds. The van der Waals surface area contributed by atoms with Crippen LogP contribution in [0.1, 0.15) is 15.9 Å². The minimum atomic E-state index is -0.234. The molecule has 0 aliphatic heterocycles. The molecule has 0 radical (unpaired) electrons. The highest BCUT2D eigenvalue weighted by atomic mass is 16.2. The quantitative estimate of drug-likeness (QED) is 0.475. The van der Waals surface area contributed by atoms with Crippen LogP contribution < -0.4 is 11.0 Å². The van der Waals surface area contributed by atoms with Crippen molar-refractivity contribution in [2.24, 2.45) is 14.1 Å². The van der Waals surface area contributed by atoms with Crippen LogP contribution in [0.15, 0.2) is 71.8 Å². The van der Waals surface area contributed by atoms with Crippen LogP contribution in [0.25, 0.3) is 33.2 Å². The van der Waals surface area contributed by atoms with E-state index in [0.717, 1.165) is 33.1 Å². The lowest BCUT2D eigenvalue weighted by atomic mass is 10.0. The average molecular weight is 423 g/mol. The average Bonchev–Trinajstić information content (AvgIpc) is 3.02. The second-order valence-electron chi connectivity index (χ2n) is 7.82. The first kappa shape index (κ1) is 19.7. The zero-order chi connectivity index (χ0) is 22.4. The number of fused-ring (bicyclic) bond motifs is 2. The Morgan fingerprint density at radius 2 is 1.62 bits per heavy atom. The second kappa shape index (κ2) is 7.46. The monoisotopic (exact) mass is 423 g/mol. The Hall–Kier alpha value is -4.26. The van der Waals surface area contributed by atoms with E-state index in [0.29, 0.717) is 16.9 Å². The number of hydrogen-bond acceptors (Lipinski definition) is 4. The van der Waals surface area contributed by atoms with Crippen LogP contribution in [-0.4, -0.2) is 25.0 Å². The zero-order valence-electron chi connectivity index (χ0n) is 18.0. The van der Waals surface area contributed by atoms with Gasteiger partial charge in [-0.1, -0.05) is 18.2 Å². The summed E-state index contributed by atoms with van der Waals surface area (Å²) in [5.41, 5.74) is 5.87. The van der Waals surface area contributed by atoms with Crippen molar-refractivity contribution in [3.63, 3.8) is 0 Å². The van der Waals surface area contributed by atoms with Gasteiger partial charge in [0, 0.05) is 43.1 Å². The summed E-state index contributed by atoms with van der Waals surface area (Å²) in [5.74, 6) is -0.234. The summed E-state index contributed by atoms with van der Waals surface area (Å²) < 4.78 is 3.18. The number of nitrogens with zero attached hydrogens (tertiary/aromatic N) is 4. The fraction of sp³-hybridized carbons (Fsp3) is 0.120. The number of carbonyl (C=O) groups excluding carboxylic acids is 1. The van der Waals surface area contributed by atoms with Crippen molar-refractivity contribution in [1.29, 1.82) is 0 Å². The number of anilines is 1. The van der Waals surface area contributed by atoms with Crippen molar-refractivity contribution in [1.82, 2.24) is 19.1 Å². The first-order valence-corrected chi connectivity index (χ1v) is 10.2. The van der Waals surface area contributed by atoms with Gasteiger partial charge in [-0.05, 0) is 48.9 Å². The van der Waals surface area contributed by atoms with Crippen LogP contribution in [0.4, 0.5) is 5.69 Å². The first-order chi connectivity index (χ1) is 15.4. The van der Waals surface area contributed by atoms with Crippen molar-refractivity contribution in [3.8, 4) is 11.3 Å². The number of imidazole rings is 1. The summed E-state index contributed by atoms with van der Waals surface area (Å²) in [4.78, 5) is 34.5. The number of rotatable bonds is 3. The van der Waals surface area contributed by atoms with Gasteiger partial charge in [-0.2, -0.15) is 0 Å². The van der Waals surface area contributed by atoms with E-state index in [1.165, 1.54) is 0 Å². The predicted molar refractivity (Wildman–Crippen MR) is 126 cm³/mol. The van der Waals surface area contributed by atoms with E-state index in [2.05, 4.69) is 10.3 Å². The topological polar surface area (TPSA) is 81.8 Å². The molecular formula is C25H21N5O2. The van der Waals surface area contributed by atoms with Crippen molar-refractivity contribution in [2.75, 3.05) is 5.32 Å². The molecule has 0 bridgehead atoms. The molecule has 0 saturated carbocycles. The Morgan fingerprint density at radius 3 is 2.38 bits per heavy atom. The molecule has 7 nitrogen and oxygen atoms in total. The number of carbonyl (C=O) groups is 1. The number of hydrogen-bond donors (Lipinski definition) is 1. The fourth-order valence-electron chi connectivity index (χ4n) is 4.01. The molecular weight excluding hydrogens is 402 g/mol. The number of pyridine rings is 2. The molecule has 0 atom stereocenters. The molecule has 1 N–H and O–H groups in total. The molecule has 32 heavy (non-hydrogen) atoms. The molecule has 3 aromatic heterocycles. The van der Waals surface area contributed by atoms with E-state index < -0.39 is 0 Å². The maximum absolute atomic E-state index is 13.4. The van der Waals surface area contributed by atoms with Crippen molar-refractivity contribution in [3.05, 3.63) is 88.6 Å². The molecule has 0 aliphatic rings. The highest BCUT2D eigenvalue weighted by Crippen LogP contribution is 2.27. The summed E-state index contributed by atoms with van der Waals surface area (Å²) in [6, 6.07) is 16.9. The van der Waals surface area contributed by atoms with Gasteiger partial charge in [0.15, 0.2) is 0 Å². The number of nitrogens with one attached hydrogen (secondary N) is 1. The highest BCUT2D eigenvalue weighted by molar-refractivity contribution is 6.13. The Bertz CT molecular complexity index is 1560. The van der Waals surface area contributed by atoms with E-state index in [4.69, 9.17) is 4.98 Å². The van der Waals surface area contributed by atoms with E-state index in [1.807, 2.05) is 55.5 Å². The number of para-hydroxylation sites is 1. The number of amides is 1. The van der Waals surface area contributed by atoms with E-state index in [-0.39, 0.29) is 11.6 Å². The molecule has 0 fully saturated rings. The predicted octanol–water partition coefficient (Wildman–Crippen LogP) is 4.05. The van der Waals surface area contributed by atoms with Gasteiger partial charge in [0.1, 0.15) is 0 Å². The van der Waals surface area contributed by atoms with Crippen LogP contribution >= 0.6 is 0 Å². The third-order valence-electron chi connectivity index (χ3n) is 5.80. The number of benzene rings is 2. The summed E-state index contributed by atoms with van der Waals surface area (Å²) >= 11 is 0. The third-order valence-corrected chi connectivity index (χ3v) is 5.80. The van der Waals surface area contributed by atoms with Gasteiger partial charge >= 0.3 is 5.69 Å². The smallest absolute Gasteiger partial charge is 0.322 e. The summed E-state index contributed by atoms with van der Waals surface area (Å²) in [6.45, 7) is 1.92. The Morgan fingerprint density at radius 1 is 0.938 bits per heavy atom. The summed E-state index contributed by atoms with van der Waals surface area (Å²) in [6.07, 6.45) is 3.41. The standard InChI is InChI=1S/C25H21N5O2/c1-15-12-22-23(30(3)25(32)29(22)2)14-20(15)28-24(31)18-13-21(16-8-10-26-11-9-16)27-19-7-5-4-6-17(18)19/h4-14H,1-3H3,(H,28,31). The van der Waals surface area contributed by atoms with E-state index in [1.54, 1.807) is 41.7 Å². The van der Waals surface area contributed by atoms with E-state index in [9.17, 15) is 9.59 Å². The normalized spacial score (nSPS) is 11.2. The maximum atomic E-state index is 13.4. The SMILES string of the molecule is Cc1cc2c(cc1NC(=O)c1cc(-c3ccncc3)nc3ccccc13)n(C)c(=O)n2C. The maximum Gasteiger partial charge on any atom is 0.328 e. The largest absolute Gasteiger partial charge is 0.328 e. The van der Waals surface area contributed by atoms with Gasteiger partial charge in [-0.25, -0.2) is 9.78 Å². The molecule has 7 heteroatoms. The minimum absolute atomic E-state index is 0.106. The number of aromatic nitrogens is 4. The molecule has 5 aromatic rings. The molecule has 2 aromatic carbocycles. The minimum Gasteiger partial charge on any atom is -0.322 e. The molecule has 0 saturated heterocycles. The van der Waals surface area contributed by atoms with Crippen LogP contribution in [0, 0.1) is 6.92 Å². The first-order valence-electron chi connectivity index (χ1n) is 10.2. The second-order valence-corrected chi connectivity index (χ2v) is 7.82. The molecule has 0 aliphatic carbocycles. The van der Waals surface area contributed by atoms with Crippen molar-refractivity contribution >= 4 is 33.5 Å². The molecule has 0 unspecified atom stereocenters. The van der Waals surface area contributed by atoms with Crippen molar-refractivity contribution in [2.45, 2.75) is 6.92 Å². The van der Waals surface area contributed by atoms with Crippen LogP contribution in [0.3, 0.4) is 0 Å². The van der Waals surface area contributed by atoms with Crippen LogP contribution in [0.2, 0.25) is 0 Å². The van der Waals surface area contributed by atoms with Crippen LogP contribution in [-0.2, 0) is 14.1 Å². The third kappa shape index (κ3) is 3.15. The summed E-state index contributed by atoms with van der Waals surface area (Å²) in [7, 11) is 3.47. The zero-order valence-corrected chi connectivity index (χ0v) is 18.0. The van der Waals surface area contributed by atoms with Gasteiger partial charge in [0.05, 0.1) is 27.8 Å². The van der Waals surface area contributed by atoms with Gasteiger partial charge in [-0.3, -0.25) is 18.9 Å². The van der Waals surface area contributed by atoms with Crippen LogP contribution in [0.5, 0.6) is 0 Å². The van der Waals surface area contributed by atoms with E-state index >= 15 is 0 Å². The number of aryl methyl sites for hydroxylation is 3. The van der Waals surface area contributed by atoms with Gasteiger partial charge < -0.3 is 5.32 Å². The van der Waals surface area contributed by atoms with Gasteiger partial charge in [0.25, 0.3) is 5.91 Å². The molecule has 5 rings (SSSR count). The highest BCUT2D eigenvalue weighted by Gasteiger charge is 2.17. The van der Waals surface area contributed by atoms with Gasteiger partial charge in [-0.15, -0.1) is 0 Å².